The highest BCUT2D eigenvalue weighted by molar-refractivity contribution is 5.97. The molecule has 4 rings (SSSR count). The monoisotopic (exact) mass is 525 g/mol. The number of rotatable bonds is 6. The maximum Gasteiger partial charge on any atom is 0.417 e. The first kappa shape index (κ1) is 26.7. The second-order valence-corrected chi connectivity index (χ2v) is 8.84. The van der Waals surface area contributed by atoms with E-state index in [0.29, 0.717) is 17.1 Å². The van der Waals surface area contributed by atoms with Gasteiger partial charge in [-0.15, -0.1) is 0 Å². The summed E-state index contributed by atoms with van der Waals surface area (Å²) < 4.78 is 45.6. The summed E-state index contributed by atoms with van der Waals surface area (Å²) >= 11 is 0. The van der Waals surface area contributed by atoms with E-state index in [2.05, 4.69) is 5.32 Å². The Bertz CT molecular complexity index is 1300. The number of hydrogen-bond acceptors (Lipinski definition) is 4. The van der Waals surface area contributed by atoms with Crippen LogP contribution in [0.5, 0.6) is 11.5 Å². The quantitative estimate of drug-likeness (QED) is 0.513. The van der Waals surface area contributed by atoms with E-state index in [0.717, 1.165) is 17.7 Å². The van der Waals surface area contributed by atoms with Crippen molar-refractivity contribution in [1.82, 2.24) is 15.1 Å². The molecular formula is C28H26F3N3O4. The predicted molar refractivity (Wildman–Crippen MR) is 134 cm³/mol. The van der Waals surface area contributed by atoms with Gasteiger partial charge in [-0.1, -0.05) is 29.8 Å². The van der Waals surface area contributed by atoms with E-state index in [9.17, 15) is 27.6 Å². The molecule has 1 aliphatic heterocycles. The van der Waals surface area contributed by atoms with Crippen molar-refractivity contribution in [2.75, 3.05) is 32.7 Å². The summed E-state index contributed by atoms with van der Waals surface area (Å²) in [5.41, 5.74) is 0.0667. The van der Waals surface area contributed by atoms with Crippen molar-refractivity contribution in [3.8, 4) is 11.5 Å². The van der Waals surface area contributed by atoms with E-state index in [4.69, 9.17) is 4.74 Å². The Morgan fingerprint density at radius 1 is 0.816 bits per heavy atom. The number of hydrogen-bond donors (Lipinski definition) is 1. The molecule has 0 aromatic heterocycles. The molecule has 10 heteroatoms. The number of piperazine rings is 1. The number of nitrogens with zero attached hydrogens (tertiary/aromatic N) is 2. The van der Waals surface area contributed by atoms with Crippen LogP contribution in [0.25, 0.3) is 0 Å². The molecule has 7 nitrogen and oxygen atoms in total. The van der Waals surface area contributed by atoms with Gasteiger partial charge in [-0.3, -0.25) is 14.4 Å². The second kappa shape index (κ2) is 11.4. The summed E-state index contributed by atoms with van der Waals surface area (Å²) in [5, 5.41) is 2.58. The molecule has 3 amide bonds. The lowest BCUT2D eigenvalue weighted by Gasteiger charge is -2.35. The molecule has 0 radical (unpaired) electrons. The fourth-order valence-corrected chi connectivity index (χ4v) is 4.03. The van der Waals surface area contributed by atoms with Gasteiger partial charge in [0.2, 0.25) is 5.91 Å². The minimum absolute atomic E-state index is 0.0904. The van der Waals surface area contributed by atoms with Crippen LogP contribution in [0, 0.1) is 6.92 Å². The van der Waals surface area contributed by atoms with Crippen molar-refractivity contribution in [3.05, 3.63) is 95.1 Å². The molecule has 0 spiro atoms. The van der Waals surface area contributed by atoms with Gasteiger partial charge in [0.25, 0.3) is 11.8 Å². The normalized spacial score (nSPS) is 13.7. The minimum Gasteiger partial charge on any atom is -0.457 e. The lowest BCUT2D eigenvalue weighted by atomic mass is 10.1. The number of amides is 3. The van der Waals surface area contributed by atoms with E-state index >= 15 is 0 Å². The van der Waals surface area contributed by atoms with Gasteiger partial charge >= 0.3 is 6.18 Å². The average Bonchev–Trinajstić information content (AvgIpc) is 2.92. The first-order valence-electron chi connectivity index (χ1n) is 12.0. The van der Waals surface area contributed by atoms with Crippen LogP contribution in [0.15, 0.2) is 72.8 Å². The van der Waals surface area contributed by atoms with E-state index in [1.807, 2.05) is 31.2 Å². The number of alkyl halides is 3. The smallest absolute Gasteiger partial charge is 0.417 e. The maximum atomic E-state index is 13.3. The number of carbonyl (C=O) groups is 3. The Kier molecular flexibility index (Phi) is 7.99. The van der Waals surface area contributed by atoms with E-state index in [1.165, 1.54) is 21.9 Å². The minimum atomic E-state index is -4.64. The summed E-state index contributed by atoms with van der Waals surface area (Å²) in [6.45, 7) is 2.22. The SMILES string of the molecule is Cc1ccc(Oc2ccc(C(=O)NCC(=O)N3CCN(C(=O)c4ccccc4C(F)(F)F)CC3)cc2)cc1. The average molecular weight is 526 g/mol. The molecule has 3 aromatic carbocycles. The predicted octanol–water partition coefficient (Wildman–Crippen LogP) is 4.52. The molecule has 0 aliphatic carbocycles. The van der Waals surface area contributed by atoms with E-state index in [1.54, 1.807) is 24.3 Å². The lowest BCUT2D eigenvalue weighted by molar-refractivity contribution is -0.138. The van der Waals surface area contributed by atoms with Gasteiger partial charge in [0.15, 0.2) is 0 Å². The number of aryl methyl sites for hydroxylation is 1. The summed E-state index contributed by atoms with van der Waals surface area (Å²) in [6.07, 6.45) is -4.64. The van der Waals surface area contributed by atoms with Crippen molar-refractivity contribution in [2.45, 2.75) is 13.1 Å². The van der Waals surface area contributed by atoms with Gasteiger partial charge in [0.1, 0.15) is 11.5 Å². The number of ether oxygens (including phenoxy) is 1. The van der Waals surface area contributed by atoms with Crippen LogP contribution >= 0.6 is 0 Å². The van der Waals surface area contributed by atoms with Crippen LogP contribution in [-0.4, -0.2) is 60.2 Å². The largest absolute Gasteiger partial charge is 0.457 e. The van der Waals surface area contributed by atoms with Gasteiger partial charge in [0.05, 0.1) is 17.7 Å². The molecule has 0 saturated carbocycles. The van der Waals surface area contributed by atoms with Gasteiger partial charge < -0.3 is 19.9 Å². The molecule has 0 bridgehead atoms. The highest BCUT2D eigenvalue weighted by Gasteiger charge is 2.36. The first-order valence-corrected chi connectivity index (χ1v) is 12.0. The zero-order valence-electron chi connectivity index (χ0n) is 20.6. The molecular weight excluding hydrogens is 499 g/mol. The van der Waals surface area contributed by atoms with Crippen LogP contribution in [0.2, 0.25) is 0 Å². The fourth-order valence-electron chi connectivity index (χ4n) is 4.03. The van der Waals surface area contributed by atoms with E-state index < -0.39 is 29.1 Å². The topological polar surface area (TPSA) is 79.0 Å². The molecule has 0 unspecified atom stereocenters. The van der Waals surface area contributed by atoms with Gasteiger partial charge in [-0.05, 0) is 55.5 Å². The Labute approximate surface area is 217 Å². The molecule has 1 saturated heterocycles. The van der Waals surface area contributed by atoms with Crippen molar-refractivity contribution < 1.29 is 32.3 Å². The van der Waals surface area contributed by atoms with Gasteiger partial charge in [-0.2, -0.15) is 13.2 Å². The molecule has 1 heterocycles. The molecule has 1 N–H and O–H groups in total. The van der Waals surface area contributed by atoms with Crippen molar-refractivity contribution >= 4 is 17.7 Å². The third kappa shape index (κ3) is 6.50. The number of carbonyl (C=O) groups excluding carboxylic acids is 3. The Morgan fingerprint density at radius 2 is 1.37 bits per heavy atom. The van der Waals surface area contributed by atoms with Crippen molar-refractivity contribution in [2.24, 2.45) is 0 Å². The molecule has 0 atom stereocenters. The second-order valence-electron chi connectivity index (χ2n) is 8.84. The number of nitrogens with one attached hydrogen (secondary N) is 1. The molecule has 1 aliphatic rings. The lowest BCUT2D eigenvalue weighted by Crippen LogP contribution is -2.52. The highest BCUT2D eigenvalue weighted by Crippen LogP contribution is 2.32. The highest BCUT2D eigenvalue weighted by atomic mass is 19.4. The third-order valence-corrected chi connectivity index (χ3v) is 6.16. The third-order valence-electron chi connectivity index (χ3n) is 6.16. The summed E-state index contributed by atoms with van der Waals surface area (Å²) in [6, 6.07) is 18.7. The maximum absolute atomic E-state index is 13.3. The molecule has 198 valence electrons. The molecule has 38 heavy (non-hydrogen) atoms. The Balaban J connectivity index is 1.25. The molecule has 1 fully saturated rings. The fraction of sp³-hybridized carbons (Fsp3) is 0.250. The Morgan fingerprint density at radius 3 is 1.97 bits per heavy atom. The van der Waals surface area contributed by atoms with Crippen LogP contribution in [0.4, 0.5) is 13.2 Å². The summed E-state index contributed by atoms with van der Waals surface area (Å²) in [5.74, 6) is -0.275. The first-order chi connectivity index (χ1) is 18.1. The van der Waals surface area contributed by atoms with Crippen LogP contribution in [-0.2, 0) is 11.0 Å². The number of benzene rings is 3. The Hall–Kier alpha value is -4.34. The van der Waals surface area contributed by atoms with Crippen molar-refractivity contribution in [1.29, 1.82) is 0 Å². The zero-order chi connectivity index (χ0) is 27.3. The van der Waals surface area contributed by atoms with Gasteiger partial charge in [-0.25, -0.2) is 0 Å². The van der Waals surface area contributed by atoms with E-state index in [-0.39, 0.29) is 38.6 Å². The standard InChI is InChI=1S/C28H26F3N3O4/c1-19-6-10-21(11-7-19)38-22-12-8-20(9-13-22)26(36)32-18-25(35)33-14-16-34(17-15-33)27(37)23-4-2-3-5-24(23)28(29,30)31/h2-13H,14-18H2,1H3,(H,32,36). The van der Waals surface area contributed by atoms with Crippen molar-refractivity contribution in [3.63, 3.8) is 0 Å². The summed E-state index contributed by atoms with van der Waals surface area (Å²) in [7, 11) is 0. The van der Waals surface area contributed by atoms with Crippen LogP contribution in [0.1, 0.15) is 31.8 Å². The van der Waals surface area contributed by atoms with Crippen LogP contribution < -0.4 is 10.1 Å². The zero-order valence-corrected chi connectivity index (χ0v) is 20.6. The molecule has 3 aromatic rings. The summed E-state index contributed by atoms with van der Waals surface area (Å²) in [4.78, 5) is 40.6. The number of halogens is 3. The van der Waals surface area contributed by atoms with Gasteiger partial charge in [0, 0.05) is 31.7 Å². The van der Waals surface area contributed by atoms with Crippen LogP contribution in [0.3, 0.4) is 0 Å².